The van der Waals surface area contributed by atoms with E-state index in [0.717, 1.165) is 5.56 Å². The Balaban J connectivity index is 1.74. The van der Waals surface area contributed by atoms with Crippen LogP contribution < -0.4 is 10.5 Å². The van der Waals surface area contributed by atoms with Crippen LogP contribution in [0.5, 0.6) is 5.75 Å². The maximum atomic E-state index is 13.9. The fourth-order valence-electron chi connectivity index (χ4n) is 2.89. The van der Waals surface area contributed by atoms with Crippen LogP contribution in [0, 0.1) is 11.6 Å². The van der Waals surface area contributed by atoms with E-state index in [1.54, 1.807) is 24.3 Å². The first-order valence-electron chi connectivity index (χ1n) is 7.07. The molecular formula is C17H17F2NO. The molecule has 0 bridgehead atoms. The van der Waals surface area contributed by atoms with Gasteiger partial charge in [-0.2, -0.15) is 0 Å². The molecule has 0 spiro atoms. The summed E-state index contributed by atoms with van der Waals surface area (Å²) in [5, 5.41) is 0. The molecule has 0 amide bonds. The molecule has 0 saturated heterocycles. The third kappa shape index (κ3) is 2.90. The van der Waals surface area contributed by atoms with Gasteiger partial charge in [0, 0.05) is 17.9 Å². The highest BCUT2D eigenvalue weighted by molar-refractivity contribution is 5.38. The molecule has 1 aliphatic rings. The van der Waals surface area contributed by atoms with Crippen molar-refractivity contribution in [3.63, 3.8) is 0 Å². The van der Waals surface area contributed by atoms with Crippen molar-refractivity contribution in [3.05, 3.63) is 65.2 Å². The van der Waals surface area contributed by atoms with Crippen LogP contribution in [0.3, 0.4) is 0 Å². The molecular weight excluding hydrogens is 272 g/mol. The second kappa shape index (κ2) is 5.82. The third-order valence-corrected chi connectivity index (χ3v) is 3.94. The molecule has 4 heteroatoms. The molecule has 0 radical (unpaired) electrons. The Hall–Kier alpha value is -1.94. The molecule has 0 aliphatic carbocycles. The minimum absolute atomic E-state index is 0.0880. The van der Waals surface area contributed by atoms with E-state index in [4.69, 9.17) is 10.5 Å². The van der Waals surface area contributed by atoms with Gasteiger partial charge in [-0.05, 0) is 42.8 Å². The molecule has 2 nitrogen and oxygen atoms in total. The number of halogens is 2. The summed E-state index contributed by atoms with van der Waals surface area (Å²) >= 11 is 0. The topological polar surface area (TPSA) is 35.2 Å². The van der Waals surface area contributed by atoms with Gasteiger partial charge in [0.1, 0.15) is 23.5 Å². The average molecular weight is 289 g/mol. The zero-order chi connectivity index (χ0) is 14.8. The molecule has 2 aromatic rings. The van der Waals surface area contributed by atoms with E-state index in [1.807, 2.05) is 0 Å². The second-order valence-electron chi connectivity index (χ2n) is 5.39. The highest BCUT2D eigenvalue weighted by Gasteiger charge is 2.27. The van der Waals surface area contributed by atoms with Crippen LogP contribution in [-0.2, 0) is 6.42 Å². The first-order chi connectivity index (χ1) is 10.2. The number of hydrogen-bond donors (Lipinski definition) is 1. The second-order valence-corrected chi connectivity index (χ2v) is 5.39. The Kier molecular flexibility index (Phi) is 3.88. The quantitative estimate of drug-likeness (QED) is 0.936. The van der Waals surface area contributed by atoms with Crippen LogP contribution in [-0.4, -0.2) is 12.6 Å². The van der Waals surface area contributed by atoms with E-state index < -0.39 is 0 Å². The van der Waals surface area contributed by atoms with Gasteiger partial charge in [-0.3, -0.25) is 0 Å². The summed E-state index contributed by atoms with van der Waals surface area (Å²) in [5.41, 5.74) is 7.28. The molecule has 21 heavy (non-hydrogen) atoms. The summed E-state index contributed by atoms with van der Waals surface area (Å²) in [6.07, 6.45) is 1.17. The predicted molar refractivity (Wildman–Crippen MR) is 77.3 cm³/mol. The van der Waals surface area contributed by atoms with Gasteiger partial charge in [0.15, 0.2) is 0 Å². The minimum atomic E-state index is -0.262. The Labute approximate surface area is 122 Å². The van der Waals surface area contributed by atoms with Gasteiger partial charge in [0.25, 0.3) is 0 Å². The maximum Gasteiger partial charge on any atom is 0.126 e. The zero-order valence-electron chi connectivity index (χ0n) is 11.6. The van der Waals surface area contributed by atoms with Crippen LogP contribution in [0.25, 0.3) is 0 Å². The van der Waals surface area contributed by atoms with Crippen molar-refractivity contribution < 1.29 is 13.5 Å². The smallest absolute Gasteiger partial charge is 0.126 e. The highest BCUT2D eigenvalue weighted by atomic mass is 19.1. The first kappa shape index (κ1) is 14.0. The molecule has 2 unspecified atom stereocenters. The van der Waals surface area contributed by atoms with Crippen molar-refractivity contribution in [2.75, 3.05) is 6.54 Å². The molecule has 2 aromatic carbocycles. The number of fused-ring (bicyclic) bond motifs is 1. The molecule has 3 rings (SSSR count). The molecule has 0 fully saturated rings. The minimum Gasteiger partial charge on any atom is -0.490 e. The summed E-state index contributed by atoms with van der Waals surface area (Å²) in [5.74, 6) is 0.109. The Morgan fingerprint density at radius 2 is 2.00 bits per heavy atom. The van der Waals surface area contributed by atoms with Gasteiger partial charge >= 0.3 is 0 Å². The number of hydrogen-bond acceptors (Lipinski definition) is 2. The lowest BCUT2D eigenvalue weighted by molar-refractivity contribution is 0.209. The van der Waals surface area contributed by atoms with E-state index >= 15 is 0 Å². The van der Waals surface area contributed by atoms with Gasteiger partial charge < -0.3 is 10.5 Å². The van der Waals surface area contributed by atoms with Crippen molar-refractivity contribution in [1.82, 2.24) is 0 Å². The molecule has 2 atom stereocenters. The number of benzene rings is 2. The predicted octanol–water partition coefficient (Wildman–Crippen LogP) is 3.40. The van der Waals surface area contributed by atoms with Crippen LogP contribution >= 0.6 is 0 Å². The van der Waals surface area contributed by atoms with Gasteiger partial charge in [-0.25, -0.2) is 8.78 Å². The van der Waals surface area contributed by atoms with Crippen LogP contribution in [0.2, 0.25) is 0 Å². The Morgan fingerprint density at radius 1 is 1.19 bits per heavy atom. The van der Waals surface area contributed by atoms with Gasteiger partial charge in [0.2, 0.25) is 0 Å². The summed E-state index contributed by atoms with van der Waals surface area (Å²) in [6.45, 7) is 0.353. The van der Waals surface area contributed by atoms with Crippen molar-refractivity contribution in [2.24, 2.45) is 5.73 Å². The first-order valence-corrected chi connectivity index (χ1v) is 7.07. The monoisotopic (exact) mass is 289 g/mol. The molecule has 1 aliphatic heterocycles. The molecule has 2 N–H and O–H groups in total. The van der Waals surface area contributed by atoms with E-state index in [2.05, 4.69) is 0 Å². The fourth-order valence-corrected chi connectivity index (χ4v) is 2.89. The fraction of sp³-hybridized carbons (Fsp3) is 0.294. The Bertz CT molecular complexity index is 644. The lowest BCUT2D eigenvalue weighted by Gasteiger charge is -2.20. The van der Waals surface area contributed by atoms with Crippen molar-refractivity contribution >= 4 is 0 Å². The molecule has 1 heterocycles. The van der Waals surface area contributed by atoms with Crippen LogP contribution in [0.15, 0.2) is 42.5 Å². The standard InChI is InChI=1S/C17H17F2NO/c18-13-5-6-17-11(7-13)8-14(21-17)9-12(10-20)15-3-1-2-4-16(15)19/h1-7,12,14H,8-10,20H2. The molecule has 0 saturated carbocycles. The molecule has 110 valence electrons. The van der Waals surface area contributed by atoms with E-state index in [1.165, 1.54) is 18.2 Å². The lowest BCUT2D eigenvalue weighted by Crippen LogP contribution is -2.23. The van der Waals surface area contributed by atoms with Crippen molar-refractivity contribution in [2.45, 2.75) is 24.9 Å². The molecule has 0 aromatic heterocycles. The summed E-state index contributed by atoms with van der Waals surface area (Å²) in [4.78, 5) is 0. The lowest BCUT2D eigenvalue weighted by atomic mass is 9.91. The average Bonchev–Trinajstić information content (AvgIpc) is 2.87. The van der Waals surface area contributed by atoms with Crippen molar-refractivity contribution in [3.8, 4) is 5.75 Å². The number of ether oxygens (including phenoxy) is 1. The largest absolute Gasteiger partial charge is 0.490 e. The van der Waals surface area contributed by atoms with Crippen LogP contribution in [0.4, 0.5) is 8.78 Å². The normalized spacial score (nSPS) is 18.1. The van der Waals surface area contributed by atoms with Crippen molar-refractivity contribution in [1.29, 1.82) is 0 Å². The number of nitrogens with two attached hydrogens (primary N) is 1. The van der Waals surface area contributed by atoms with E-state index in [-0.39, 0.29) is 23.7 Å². The Morgan fingerprint density at radius 3 is 2.76 bits per heavy atom. The van der Waals surface area contributed by atoms with Gasteiger partial charge in [-0.1, -0.05) is 18.2 Å². The van der Waals surface area contributed by atoms with Gasteiger partial charge in [0.05, 0.1) is 0 Å². The van der Waals surface area contributed by atoms with Crippen LogP contribution in [0.1, 0.15) is 23.5 Å². The summed E-state index contributed by atoms with van der Waals surface area (Å²) in [6, 6.07) is 11.2. The third-order valence-electron chi connectivity index (χ3n) is 3.94. The van der Waals surface area contributed by atoms with Gasteiger partial charge in [-0.15, -0.1) is 0 Å². The van der Waals surface area contributed by atoms with E-state index in [9.17, 15) is 8.78 Å². The SMILES string of the molecule is NCC(CC1Cc2cc(F)ccc2O1)c1ccccc1F. The van der Waals surface area contributed by atoms with E-state index in [0.29, 0.717) is 30.7 Å². The summed E-state index contributed by atoms with van der Waals surface area (Å²) < 4.78 is 32.9. The highest BCUT2D eigenvalue weighted by Crippen LogP contribution is 2.34. The summed E-state index contributed by atoms with van der Waals surface area (Å²) in [7, 11) is 0. The number of rotatable bonds is 4. The zero-order valence-corrected chi connectivity index (χ0v) is 11.6. The maximum absolute atomic E-state index is 13.9.